The van der Waals surface area contributed by atoms with Gasteiger partial charge in [0.15, 0.2) is 0 Å². The maximum Gasteiger partial charge on any atom is 0.257 e. The first-order valence-corrected chi connectivity index (χ1v) is 13.5. The van der Waals surface area contributed by atoms with Gasteiger partial charge in [-0.05, 0) is 75.7 Å². The largest absolute Gasteiger partial charge is 0.322 e. The molecule has 0 bridgehead atoms. The number of anilines is 1. The average Bonchev–Trinajstić information content (AvgIpc) is 2.87. The lowest BCUT2D eigenvalue weighted by Gasteiger charge is -2.22. The van der Waals surface area contributed by atoms with Crippen molar-refractivity contribution < 1.29 is 13.2 Å². The van der Waals surface area contributed by atoms with Crippen LogP contribution in [0, 0.1) is 18.3 Å². The van der Waals surface area contributed by atoms with Gasteiger partial charge in [-0.15, -0.1) is 0 Å². The van der Waals surface area contributed by atoms with Crippen molar-refractivity contribution in [2.24, 2.45) is 0 Å². The Kier molecular flexibility index (Phi) is 7.44. The quantitative estimate of drug-likeness (QED) is 0.325. The molecular weight excluding hydrogens is 496 g/mol. The summed E-state index contributed by atoms with van der Waals surface area (Å²) >= 11 is 0. The van der Waals surface area contributed by atoms with Crippen molar-refractivity contribution in [3.63, 3.8) is 0 Å². The molecule has 0 saturated carbocycles. The molecule has 0 saturated heterocycles. The topological polar surface area (TPSA) is 112 Å². The van der Waals surface area contributed by atoms with E-state index in [1.807, 2.05) is 13.0 Å². The third-order valence-corrected chi connectivity index (χ3v) is 7.45. The van der Waals surface area contributed by atoms with Gasteiger partial charge >= 0.3 is 0 Å². The summed E-state index contributed by atoms with van der Waals surface area (Å²) in [7, 11) is -3.76. The van der Waals surface area contributed by atoms with Crippen LogP contribution in [0.1, 0.15) is 42.3 Å². The zero-order valence-electron chi connectivity index (χ0n) is 21.6. The standard InChI is InChI=1S/C30H28N4O3S/c1-20-10-15-27(38(36,37)34-30(2,3)4)26(17-20)22-11-13-24(14-12-22)33-29(35)25-9-6-16-32-28(25)23-8-5-7-21(18-23)19-31/h5-18,34H,1-4H3,(H,33,35). The molecule has 0 atom stereocenters. The Hall–Kier alpha value is -4.32. The van der Waals surface area contributed by atoms with Gasteiger partial charge in [0.05, 0.1) is 27.8 Å². The molecule has 0 radical (unpaired) electrons. The summed E-state index contributed by atoms with van der Waals surface area (Å²) < 4.78 is 29.0. The molecule has 7 nitrogen and oxygen atoms in total. The number of nitriles is 1. The van der Waals surface area contributed by atoms with Crippen molar-refractivity contribution in [3.8, 4) is 28.5 Å². The maximum absolute atomic E-state index is 13.2. The minimum absolute atomic E-state index is 0.189. The van der Waals surface area contributed by atoms with E-state index in [0.717, 1.165) is 5.56 Å². The summed E-state index contributed by atoms with van der Waals surface area (Å²) in [5.41, 5.74) is 4.11. The molecule has 2 N–H and O–H groups in total. The lowest BCUT2D eigenvalue weighted by atomic mass is 10.0. The van der Waals surface area contributed by atoms with Crippen LogP contribution in [0.2, 0.25) is 0 Å². The molecule has 8 heteroatoms. The third kappa shape index (κ3) is 6.14. The van der Waals surface area contributed by atoms with Gasteiger partial charge in [-0.2, -0.15) is 5.26 Å². The average molecular weight is 525 g/mol. The number of pyridine rings is 1. The Morgan fingerprint density at radius 3 is 2.34 bits per heavy atom. The molecule has 0 unspecified atom stereocenters. The minimum Gasteiger partial charge on any atom is -0.322 e. The number of nitrogens with one attached hydrogen (secondary N) is 2. The summed E-state index contributed by atoms with van der Waals surface area (Å²) in [5.74, 6) is -0.351. The van der Waals surface area contributed by atoms with Crippen molar-refractivity contribution in [1.82, 2.24) is 9.71 Å². The highest BCUT2D eigenvalue weighted by molar-refractivity contribution is 7.89. The molecule has 4 aromatic rings. The van der Waals surface area contributed by atoms with Crippen LogP contribution in [-0.2, 0) is 10.0 Å². The molecule has 0 aliphatic carbocycles. The molecule has 1 amide bonds. The van der Waals surface area contributed by atoms with E-state index >= 15 is 0 Å². The summed E-state index contributed by atoms with van der Waals surface area (Å²) in [6.45, 7) is 7.29. The highest BCUT2D eigenvalue weighted by atomic mass is 32.2. The second-order valence-electron chi connectivity index (χ2n) is 9.98. The van der Waals surface area contributed by atoms with Crippen molar-refractivity contribution in [3.05, 3.63) is 102 Å². The second-order valence-corrected chi connectivity index (χ2v) is 11.6. The van der Waals surface area contributed by atoms with E-state index in [1.54, 1.807) is 99.8 Å². The normalized spacial score (nSPS) is 11.6. The molecule has 1 heterocycles. The SMILES string of the molecule is Cc1ccc(S(=O)(=O)NC(C)(C)C)c(-c2ccc(NC(=O)c3cccnc3-c3cccc(C#N)c3)cc2)c1. The zero-order chi connectivity index (χ0) is 27.5. The summed E-state index contributed by atoms with van der Waals surface area (Å²) in [6.07, 6.45) is 1.60. The van der Waals surface area contributed by atoms with E-state index in [4.69, 9.17) is 0 Å². The lowest BCUT2D eigenvalue weighted by Crippen LogP contribution is -2.40. The summed E-state index contributed by atoms with van der Waals surface area (Å²) in [5, 5.41) is 12.1. The van der Waals surface area contributed by atoms with Crippen LogP contribution in [0.15, 0.2) is 90.0 Å². The van der Waals surface area contributed by atoms with Crippen LogP contribution < -0.4 is 10.0 Å². The summed E-state index contributed by atoms with van der Waals surface area (Å²) in [6, 6.07) is 24.6. The fraction of sp³-hybridized carbons (Fsp3) is 0.167. The fourth-order valence-electron chi connectivity index (χ4n) is 4.05. The number of benzene rings is 3. The molecule has 4 rings (SSSR count). The Bertz CT molecular complexity index is 1650. The number of amides is 1. The maximum atomic E-state index is 13.2. The van der Waals surface area contributed by atoms with Gasteiger partial charge in [0.2, 0.25) is 10.0 Å². The van der Waals surface area contributed by atoms with Crippen molar-refractivity contribution in [2.45, 2.75) is 38.1 Å². The molecule has 0 aliphatic heterocycles. The van der Waals surface area contributed by atoms with Crippen LogP contribution in [0.25, 0.3) is 22.4 Å². The molecule has 3 aromatic carbocycles. The van der Waals surface area contributed by atoms with E-state index in [-0.39, 0.29) is 10.8 Å². The van der Waals surface area contributed by atoms with E-state index in [2.05, 4.69) is 21.1 Å². The molecule has 0 spiro atoms. The number of carbonyl (C=O) groups is 1. The molecular formula is C30H28N4O3S. The predicted molar refractivity (Wildman–Crippen MR) is 149 cm³/mol. The molecule has 192 valence electrons. The molecule has 1 aromatic heterocycles. The predicted octanol–water partition coefficient (Wildman–Crippen LogP) is 5.92. The van der Waals surface area contributed by atoms with E-state index < -0.39 is 15.6 Å². The zero-order valence-corrected chi connectivity index (χ0v) is 22.4. The van der Waals surface area contributed by atoms with Gasteiger partial charge in [-0.3, -0.25) is 9.78 Å². The van der Waals surface area contributed by atoms with Crippen molar-refractivity contribution in [2.75, 3.05) is 5.32 Å². The van der Waals surface area contributed by atoms with Crippen LogP contribution >= 0.6 is 0 Å². The van der Waals surface area contributed by atoms with Crippen molar-refractivity contribution >= 4 is 21.6 Å². The number of sulfonamides is 1. The van der Waals surface area contributed by atoms with Gasteiger partial charge in [-0.1, -0.05) is 42.0 Å². The Morgan fingerprint density at radius 2 is 1.66 bits per heavy atom. The number of hydrogen-bond donors (Lipinski definition) is 2. The second kappa shape index (κ2) is 10.6. The highest BCUT2D eigenvalue weighted by Gasteiger charge is 2.25. The summed E-state index contributed by atoms with van der Waals surface area (Å²) in [4.78, 5) is 17.7. The Labute approximate surface area is 223 Å². The Morgan fingerprint density at radius 1 is 0.921 bits per heavy atom. The van der Waals surface area contributed by atoms with Crippen LogP contribution in [-0.4, -0.2) is 24.8 Å². The smallest absolute Gasteiger partial charge is 0.257 e. The first kappa shape index (κ1) is 26.7. The minimum atomic E-state index is -3.76. The van der Waals surface area contributed by atoms with Gasteiger partial charge < -0.3 is 5.32 Å². The lowest BCUT2D eigenvalue weighted by molar-refractivity contribution is 0.102. The number of carbonyl (C=O) groups excluding carboxylic acids is 1. The van der Waals surface area contributed by atoms with Crippen LogP contribution in [0.3, 0.4) is 0 Å². The number of aromatic nitrogens is 1. The van der Waals surface area contributed by atoms with Gasteiger partial charge in [-0.25, -0.2) is 13.1 Å². The molecule has 0 fully saturated rings. The van der Waals surface area contributed by atoms with Gasteiger partial charge in [0.25, 0.3) is 5.91 Å². The van der Waals surface area contributed by atoms with E-state index in [1.165, 1.54) is 0 Å². The van der Waals surface area contributed by atoms with E-state index in [9.17, 15) is 18.5 Å². The van der Waals surface area contributed by atoms with Crippen LogP contribution in [0.5, 0.6) is 0 Å². The molecule has 0 aliphatic rings. The fourth-order valence-corrected chi connectivity index (χ4v) is 5.68. The number of rotatable bonds is 6. The monoisotopic (exact) mass is 524 g/mol. The number of hydrogen-bond acceptors (Lipinski definition) is 5. The van der Waals surface area contributed by atoms with Crippen molar-refractivity contribution in [1.29, 1.82) is 5.26 Å². The number of aryl methyl sites for hydroxylation is 1. The van der Waals surface area contributed by atoms with Crippen LogP contribution in [0.4, 0.5) is 5.69 Å². The van der Waals surface area contributed by atoms with E-state index in [0.29, 0.717) is 39.2 Å². The first-order valence-electron chi connectivity index (χ1n) is 12.0. The highest BCUT2D eigenvalue weighted by Crippen LogP contribution is 2.30. The third-order valence-electron chi connectivity index (χ3n) is 5.64. The van der Waals surface area contributed by atoms with Gasteiger partial charge in [0.1, 0.15) is 0 Å². The van der Waals surface area contributed by atoms with Gasteiger partial charge in [0, 0.05) is 28.6 Å². The number of nitrogens with zero attached hydrogens (tertiary/aromatic N) is 2. The first-order chi connectivity index (χ1) is 18.0. The molecule has 38 heavy (non-hydrogen) atoms. The Balaban J connectivity index is 1.62.